The van der Waals surface area contributed by atoms with Gasteiger partial charge in [-0.3, -0.25) is 9.78 Å². The van der Waals surface area contributed by atoms with E-state index < -0.39 is 5.91 Å². The largest absolute Gasteiger partial charge is 0.364 e. The summed E-state index contributed by atoms with van der Waals surface area (Å²) in [7, 11) is 0. The molecule has 2 N–H and O–H groups in total. The number of nitrogens with zero attached hydrogens (tertiary/aromatic N) is 1. The molecule has 0 fully saturated rings. The van der Waals surface area contributed by atoms with Crippen molar-refractivity contribution in [3.8, 4) is 11.1 Å². The van der Waals surface area contributed by atoms with E-state index in [0.29, 0.717) is 11.1 Å². The first kappa shape index (κ1) is 10.3. The fourth-order valence-electron chi connectivity index (χ4n) is 1.46. The van der Waals surface area contributed by atoms with Gasteiger partial charge >= 0.3 is 0 Å². The molecule has 0 spiro atoms. The molecular formula is C12H9FN2O. The van der Waals surface area contributed by atoms with Crippen LogP contribution in [0.3, 0.4) is 0 Å². The van der Waals surface area contributed by atoms with Gasteiger partial charge in [0, 0.05) is 11.8 Å². The first-order chi connectivity index (χ1) is 7.68. The molecular weight excluding hydrogens is 207 g/mol. The molecule has 0 aliphatic heterocycles. The lowest BCUT2D eigenvalue weighted by Crippen LogP contribution is -2.14. The van der Waals surface area contributed by atoms with Gasteiger partial charge in [-0.05, 0) is 23.8 Å². The van der Waals surface area contributed by atoms with Gasteiger partial charge in [-0.1, -0.05) is 18.2 Å². The van der Waals surface area contributed by atoms with Crippen LogP contribution in [0, 0.1) is 5.82 Å². The number of aromatic nitrogens is 1. The van der Waals surface area contributed by atoms with Gasteiger partial charge in [0.25, 0.3) is 5.91 Å². The van der Waals surface area contributed by atoms with E-state index in [-0.39, 0.29) is 11.5 Å². The molecule has 0 radical (unpaired) electrons. The highest BCUT2D eigenvalue weighted by Crippen LogP contribution is 2.21. The molecule has 4 heteroatoms. The van der Waals surface area contributed by atoms with Crippen molar-refractivity contribution in [2.75, 3.05) is 0 Å². The van der Waals surface area contributed by atoms with E-state index in [1.54, 1.807) is 24.3 Å². The van der Waals surface area contributed by atoms with Gasteiger partial charge in [0.2, 0.25) is 0 Å². The maximum atomic E-state index is 12.8. The Morgan fingerprint density at radius 1 is 1.19 bits per heavy atom. The summed E-state index contributed by atoms with van der Waals surface area (Å²) >= 11 is 0. The van der Waals surface area contributed by atoms with Gasteiger partial charge in [-0.25, -0.2) is 4.39 Å². The predicted molar refractivity (Wildman–Crippen MR) is 58.1 cm³/mol. The number of amides is 1. The van der Waals surface area contributed by atoms with Crippen LogP contribution < -0.4 is 5.73 Å². The summed E-state index contributed by atoms with van der Waals surface area (Å²) in [4.78, 5) is 15.1. The minimum atomic E-state index is -0.597. The lowest BCUT2D eigenvalue weighted by Gasteiger charge is -2.05. The van der Waals surface area contributed by atoms with Crippen LogP contribution in [0.5, 0.6) is 0 Å². The Hall–Kier alpha value is -2.23. The van der Waals surface area contributed by atoms with Crippen LogP contribution in [0.1, 0.15) is 10.5 Å². The SMILES string of the molecule is NC(=O)c1ncccc1-c1ccc(F)cc1. The second-order valence-electron chi connectivity index (χ2n) is 3.27. The Morgan fingerprint density at radius 3 is 2.50 bits per heavy atom. The van der Waals surface area contributed by atoms with E-state index in [1.165, 1.54) is 18.3 Å². The molecule has 0 bridgehead atoms. The van der Waals surface area contributed by atoms with Crippen molar-refractivity contribution in [1.82, 2.24) is 4.98 Å². The molecule has 80 valence electrons. The quantitative estimate of drug-likeness (QED) is 0.834. The maximum Gasteiger partial charge on any atom is 0.267 e. The highest BCUT2D eigenvalue weighted by molar-refractivity contribution is 5.97. The van der Waals surface area contributed by atoms with Crippen LogP contribution in [0.15, 0.2) is 42.6 Å². The monoisotopic (exact) mass is 216 g/mol. The smallest absolute Gasteiger partial charge is 0.267 e. The number of benzene rings is 1. The third-order valence-electron chi connectivity index (χ3n) is 2.20. The van der Waals surface area contributed by atoms with Crippen LogP contribution in [0.25, 0.3) is 11.1 Å². The molecule has 3 nitrogen and oxygen atoms in total. The maximum absolute atomic E-state index is 12.8. The zero-order valence-corrected chi connectivity index (χ0v) is 8.35. The van der Waals surface area contributed by atoms with Crippen LogP contribution >= 0.6 is 0 Å². The summed E-state index contributed by atoms with van der Waals surface area (Å²) < 4.78 is 12.8. The van der Waals surface area contributed by atoms with Gasteiger partial charge in [0.05, 0.1) is 0 Å². The number of carbonyl (C=O) groups is 1. The number of pyridine rings is 1. The summed E-state index contributed by atoms with van der Waals surface area (Å²) in [5, 5.41) is 0. The highest BCUT2D eigenvalue weighted by atomic mass is 19.1. The molecule has 0 atom stereocenters. The molecule has 2 rings (SSSR count). The number of hydrogen-bond donors (Lipinski definition) is 1. The van der Waals surface area contributed by atoms with Crippen LogP contribution in [0.2, 0.25) is 0 Å². The predicted octanol–water partition coefficient (Wildman–Crippen LogP) is 1.99. The second kappa shape index (κ2) is 4.10. The molecule has 0 saturated carbocycles. The first-order valence-corrected chi connectivity index (χ1v) is 4.69. The Kier molecular flexibility index (Phi) is 2.64. The van der Waals surface area contributed by atoms with Crippen molar-refractivity contribution in [3.05, 3.63) is 54.1 Å². The highest BCUT2D eigenvalue weighted by Gasteiger charge is 2.10. The normalized spacial score (nSPS) is 10.1. The summed E-state index contributed by atoms with van der Waals surface area (Å²) in [5.74, 6) is -0.923. The molecule has 1 aromatic carbocycles. The van der Waals surface area contributed by atoms with Crippen molar-refractivity contribution in [1.29, 1.82) is 0 Å². The average Bonchev–Trinajstić information content (AvgIpc) is 2.30. The fourth-order valence-corrected chi connectivity index (χ4v) is 1.46. The average molecular weight is 216 g/mol. The van der Waals surface area contributed by atoms with E-state index in [9.17, 15) is 9.18 Å². The van der Waals surface area contributed by atoms with E-state index in [0.717, 1.165) is 0 Å². The summed E-state index contributed by atoms with van der Waals surface area (Å²) in [6, 6.07) is 9.24. The number of nitrogens with two attached hydrogens (primary N) is 1. The first-order valence-electron chi connectivity index (χ1n) is 4.69. The minimum Gasteiger partial charge on any atom is -0.364 e. The fraction of sp³-hybridized carbons (Fsp3) is 0. The number of primary amides is 1. The van der Waals surface area contributed by atoms with Gasteiger partial charge in [0.15, 0.2) is 0 Å². The lowest BCUT2D eigenvalue weighted by molar-refractivity contribution is 0.0996. The second-order valence-corrected chi connectivity index (χ2v) is 3.27. The lowest BCUT2D eigenvalue weighted by atomic mass is 10.0. The number of hydrogen-bond acceptors (Lipinski definition) is 2. The van der Waals surface area contributed by atoms with Crippen molar-refractivity contribution in [2.24, 2.45) is 5.73 Å². The van der Waals surface area contributed by atoms with Gasteiger partial charge in [0.1, 0.15) is 11.5 Å². The van der Waals surface area contributed by atoms with Gasteiger partial charge in [-0.15, -0.1) is 0 Å². The topological polar surface area (TPSA) is 56.0 Å². The molecule has 1 amide bonds. The van der Waals surface area contributed by atoms with Crippen molar-refractivity contribution in [2.45, 2.75) is 0 Å². The summed E-state index contributed by atoms with van der Waals surface area (Å²) in [6.45, 7) is 0. The molecule has 16 heavy (non-hydrogen) atoms. The Bertz CT molecular complexity index is 523. The number of halogens is 1. The summed E-state index contributed by atoms with van der Waals surface area (Å²) in [5.41, 5.74) is 6.71. The zero-order chi connectivity index (χ0) is 11.5. The molecule has 1 aromatic heterocycles. The standard InChI is InChI=1S/C12H9FN2O/c13-9-5-3-8(4-6-9)10-2-1-7-15-11(10)12(14)16/h1-7H,(H2,14,16). The molecule has 0 saturated heterocycles. The molecule has 1 heterocycles. The molecule has 0 aliphatic carbocycles. The zero-order valence-electron chi connectivity index (χ0n) is 8.35. The van der Waals surface area contributed by atoms with E-state index in [2.05, 4.69) is 4.98 Å². The Balaban J connectivity index is 2.55. The van der Waals surface area contributed by atoms with Crippen LogP contribution in [-0.2, 0) is 0 Å². The van der Waals surface area contributed by atoms with E-state index in [4.69, 9.17) is 5.73 Å². The molecule has 0 unspecified atom stereocenters. The van der Waals surface area contributed by atoms with Crippen molar-refractivity contribution >= 4 is 5.91 Å². The van der Waals surface area contributed by atoms with Gasteiger partial charge < -0.3 is 5.73 Å². The molecule has 0 aliphatic rings. The number of carbonyl (C=O) groups excluding carboxylic acids is 1. The van der Waals surface area contributed by atoms with Crippen molar-refractivity contribution in [3.63, 3.8) is 0 Å². The molecule has 2 aromatic rings. The Morgan fingerprint density at radius 2 is 1.88 bits per heavy atom. The summed E-state index contributed by atoms with van der Waals surface area (Å²) in [6.07, 6.45) is 1.49. The van der Waals surface area contributed by atoms with Crippen LogP contribution in [0.4, 0.5) is 4.39 Å². The minimum absolute atomic E-state index is 0.189. The third-order valence-corrected chi connectivity index (χ3v) is 2.20. The Labute approximate surface area is 91.7 Å². The van der Waals surface area contributed by atoms with Gasteiger partial charge in [-0.2, -0.15) is 0 Å². The van der Waals surface area contributed by atoms with E-state index >= 15 is 0 Å². The van der Waals surface area contributed by atoms with Crippen molar-refractivity contribution < 1.29 is 9.18 Å². The van der Waals surface area contributed by atoms with Crippen LogP contribution in [-0.4, -0.2) is 10.9 Å². The third kappa shape index (κ3) is 1.91. The van der Waals surface area contributed by atoms with E-state index in [1.807, 2.05) is 0 Å². The number of rotatable bonds is 2.